The lowest BCUT2D eigenvalue weighted by atomic mass is 10.2. The van der Waals surface area contributed by atoms with E-state index in [9.17, 15) is 0 Å². The van der Waals surface area contributed by atoms with Crippen molar-refractivity contribution in [1.82, 2.24) is 4.98 Å². The highest BCUT2D eigenvalue weighted by molar-refractivity contribution is 9.10. The number of benzene rings is 1. The zero-order valence-electron chi connectivity index (χ0n) is 10.6. The first-order valence-electron chi connectivity index (χ1n) is 5.68. The van der Waals surface area contributed by atoms with Crippen molar-refractivity contribution in [3.8, 4) is 11.6 Å². The summed E-state index contributed by atoms with van der Waals surface area (Å²) < 4.78 is 6.76. The predicted octanol–water partition coefficient (Wildman–Crippen LogP) is 3.89. The highest BCUT2D eigenvalue weighted by Crippen LogP contribution is 2.27. The lowest BCUT2D eigenvalue weighted by Crippen LogP contribution is -2.10. The van der Waals surface area contributed by atoms with Gasteiger partial charge in [0, 0.05) is 21.8 Å². The molecule has 0 amide bonds. The predicted molar refractivity (Wildman–Crippen MR) is 83.8 cm³/mol. The van der Waals surface area contributed by atoms with Gasteiger partial charge in [0.25, 0.3) is 0 Å². The lowest BCUT2D eigenvalue weighted by molar-refractivity contribution is 0.458. The van der Waals surface area contributed by atoms with Gasteiger partial charge in [0.15, 0.2) is 0 Å². The number of aromatic nitrogens is 1. The van der Waals surface area contributed by atoms with E-state index < -0.39 is 0 Å². The third-order valence-corrected chi connectivity index (χ3v) is 3.31. The number of hydrogen-bond donors (Lipinski definition) is 1. The zero-order chi connectivity index (χ0) is 14.0. The number of halogens is 1. The summed E-state index contributed by atoms with van der Waals surface area (Å²) in [5.74, 6) is 1.24. The first kappa shape index (κ1) is 14.0. The average Bonchev–Trinajstić information content (AvgIpc) is 2.33. The summed E-state index contributed by atoms with van der Waals surface area (Å²) in [6.07, 6.45) is 0. The fourth-order valence-corrected chi connectivity index (χ4v) is 2.09. The van der Waals surface area contributed by atoms with E-state index in [1.165, 1.54) is 0 Å². The van der Waals surface area contributed by atoms with E-state index in [0.29, 0.717) is 10.9 Å². The molecule has 0 aliphatic carbocycles. The summed E-state index contributed by atoms with van der Waals surface area (Å²) >= 11 is 8.40. The summed E-state index contributed by atoms with van der Waals surface area (Å²) in [6, 6.07) is 9.43. The summed E-state index contributed by atoms with van der Waals surface area (Å²) in [5.41, 5.74) is 8.24. The zero-order valence-corrected chi connectivity index (χ0v) is 13.0. The van der Waals surface area contributed by atoms with E-state index in [2.05, 4.69) is 20.9 Å². The number of thiocarbonyl (C=S) groups is 1. The van der Waals surface area contributed by atoms with Crippen LogP contribution in [0.2, 0.25) is 0 Å². The highest BCUT2D eigenvalue weighted by Gasteiger charge is 2.07. The molecule has 0 spiro atoms. The number of rotatable bonds is 3. The molecule has 2 aromatic rings. The number of hydrogen-bond acceptors (Lipinski definition) is 3. The number of nitrogens with zero attached hydrogens (tertiary/aromatic N) is 1. The van der Waals surface area contributed by atoms with Crippen molar-refractivity contribution in [3.63, 3.8) is 0 Å². The van der Waals surface area contributed by atoms with E-state index in [0.717, 1.165) is 27.0 Å². The molecular weight excluding hydrogens is 324 g/mol. The van der Waals surface area contributed by atoms with Crippen LogP contribution in [0.15, 0.2) is 34.8 Å². The molecule has 1 aromatic heterocycles. The Morgan fingerprint density at radius 1 is 1.26 bits per heavy atom. The first-order valence-corrected chi connectivity index (χ1v) is 6.88. The van der Waals surface area contributed by atoms with Crippen LogP contribution in [0, 0.1) is 13.8 Å². The summed E-state index contributed by atoms with van der Waals surface area (Å²) in [7, 11) is 0. The molecule has 0 unspecified atom stereocenters. The van der Waals surface area contributed by atoms with Crippen LogP contribution >= 0.6 is 28.1 Å². The monoisotopic (exact) mass is 336 g/mol. The third-order valence-electron chi connectivity index (χ3n) is 2.58. The molecule has 0 radical (unpaired) electrons. The fraction of sp³-hybridized carbons (Fsp3) is 0.143. The van der Waals surface area contributed by atoms with Crippen molar-refractivity contribution in [3.05, 3.63) is 51.6 Å². The van der Waals surface area contributed by atoms with Gasteiger partial charge in [-0.25, -0.2) is 4.98 Å². The minimum Gasteiger partial charge on any atom is -0.439 e. The van der Waals surface area contributed by atoms with E-state index in [4.69, 9.17) is 22.7 Å². The topological polar surface area (TPSA) is 48.1 Å². The minimum absolute atomic E-state index is 0.335. The molecule has 2 rings (SSSR count). The lowest BCUT2D eigenvalue weighted by Gasteiger charge is -2.10. The molecule has 0 fully saturated rings. The smallest absolute Gasteiger partial charge is 0.220 e. The molecular formula is C14H13BrN2OS. The molecule has 0 saturated heterocycles. The van der Waals surface area contributed by atoms with Crippen LogP contribution in [0.4, 0.5) is 0 Å². The van der Waals surface area contributed by atoms with Crippen molar-refractivity contribution >= 4 is 33.1 Å². The van der Waals surface area contributed by atoms with E-state index in [1.54, 1.807) is 6.07 Å². The van der Waals surface area contributed by atoms with Gasteiger partial charge in [0.2, 0.25) is 5.88 Å². The van der Waals surface area contributed by atoms with Gasteiger partial charge in [-0.15, -0.1) is 0 Å². The molecule has 5 heteroatoms. The Bertz CT molecular complexity index is 643. The molecule has 0 atom stereocenters. The van der Waals surface area contributed by atoms with Gasteiger partial charge in [-0.2, -0.15) is 0 Å². The maximum absolute atomic E-state index is 5.81. The normalized spacial score (nSPS) is 10.3. The average molecular weight is 337 g/mol. The Morgan fingerprint density at radius 3 is 2.68 bits per heavy atom. The second-order valence-corrected chi connectivity index (χ2v) is 5.57. The summed E-state index contributed by atoms with van der Waals surface area (Å²) in [6.45, 7) is 3.86. The molecule has 1 heterocycles. The SMILES string of the molecule is Cc1cc(C(N)=S)cc(Oc2cc(Br)ccc2C)n1. The molecule has 2 N–H and O–H groups in total. The Labute approximate surface area is 125 Å². The Morgan fingerprint density at radius 2 is 2.00 bits per heavy atom. The largest absolute Gasteiger partial charge is 0.439 e. The van der Waals surface area contributed by atoms with Gasteiger partial charge in [0.1, 0.15) is 10.7 Å². The van der Waals surface area contributed by atoms with Crippen LogP contribution < -0.4 is 10.5 Å². The molecule has 0 aliphatic rings. The summed E-state index contributed by atoms with van der Waals surface area (Å²) in [5, 5.41) is 0. The quantitative estimate of drug-likeness (QED) is 0.864. The van der Waals surface area contributed by atoms with Crippen molar-refractivity contribution in [2.45, 2.75) is 13.8 Å². The Kier molecular flexibility index (Phi) is 4.17. The number of ether oxygens (including phenoxy) is 1. The van der Waals surface area contributed by atoms with Crippen molar-refractivity contribution in [2.75, 3.05) is 0 Å². The van der Waals surface area contributed by atoms with Gasteiger partial charge >= 0.3 is 0 Å². The van der Waals surface area contributed by atoms with Gasteiger partial charge in [-0.1, -0.05) is 34.2 Å². The number of pyridine rings is 1. The standard InChI is InChI=1S/C14H13BrN2OS/c1-8-3-4-11(15)7-12(8)18-13-6-10(14(16)19)5-9(2)17-13/h3-7H,1-2H3,(H2,16,19). The Balaban J connectivity index is 2.38. The van der Waals surface area contributed by atoms with E-state index in [1.807, 2.05) is 38.1 Å². The van der Waals surface area contributed by atoms with Crippen LogP contribution in [-0.2, 0) is 0 Å². The van der Waals surface area contributed by atoms with Crippen molar-refractivity contribution < 1.29 is 4.74 Å². The van der Waals surface area contributed by atoms with E-state index in [-0.39, 0.29) is 0 Å². The van der Waals surface area contributed by atoms with E-state index >= 15 is 0 Å². The molecule has 98 valence electrons. The van der Waals surface area contributed by atoms with Crippen LogP contribution in [0.25, 0.3) is 0 Å². The second-order valence-electron chi connectivity index (χ2n) is 4.21. The molecule has 19 heavy (non-hydrogen) atoms. The van der Waals surface area contributed by atoms with Crippen LogP contribution in [0.5, 0.6) is 11.6 Å². The third kappa shape index (κ3) is 3.52. The molecule has 1 aromatic carbocycles. The van der Waals surface area contributed by atoms with Crippen LogP contribution in [0.3, 0.4) is 0 Å². The number of nitrogens with two attached hydrogens (primary N) is 1. The highest BCUT2D eigenvalue weighted by atomic mass is 79.9. The first-order chi connectivity index (χ1) is 8.95. The van der Waals surface area contributed by atoms with Gasteiger partial charge < -0.3 is 10.5 Å². The Hall–Kier alpha value is -1.46. The van der Waals surface area contributed by atoms with Crippen molar-refractivity contribution in [1.29, 1.82) is 0 Å². The maximum atomic E-state index is 5.81. The molecule has 3 nitrogen and oxygen atoms in total. The fourth-order valence-electron chi connectivity index (χ4n) is 1.63. The van der Waals surface area contributed by atoms with Crippen LogP contribution in [-0.4, -0.2) is 9.97 Å². The minimum atomic E-state index is 0.335. The molecule has 0 aliphatic heterocycles. The van der Waals surface area contributed by atoms with Gasteiger partial charge in [0.05, 0.1) is 0 Å². The van der Waals surface area contributed by atoms with Gasteiger partial charge in [-0.3, -0.25) is 0 Å². The second kappa shape index (κ2) is 5.67. The van der Waals surface area contributed by atoms with Crippen molar-refractivity contribution in [2.24, 2.45) is 5.73 Å². The van der Waals surface area contributed by atoms with Crippen LogP contribution in [0.1, 0.15) is 16.8 Å². The molecule has 0 bridgehead atoms. The maximum Gasteiger partial charge on any atom is 0.220 e. The summed E-state index contributed by atoms with van der Waals surface area (Å²) in [4.78, 5) is 4.66. The van der Waals surface area contributed by atoms with Gasteiger partial charge in [-0.05, 0) is 37.6 Å². The number of aryl methyl sites for hydroxylation is 2. The molecule has 0 saturated carbocycles.